The summed E-state index contributed by atoms with van der Waals surface area (Å²) in [4.78, 5) is 14.1. The number of carbonyl (C=O) groups excluding carboxylic acids is 1. The van der Waals surface area contributed by atoms with Crippen LogP contribution in [0.25, 0.3) is 0 Å². The molecule has 0 bridgehead atoms. The molecule has 24 heavy (non-hydrogen) atoms. The molecule has 1 N–H and O–H groups in total. The number of amides is 1. The second-order valence-corrected chi connectivity index (χ2v) is 9.02. The van der Waals surface area contributed by atoms with E-state index in [1.807, 2.05) is 44.3 Å². The number of likely N-dealkylation sites (N-methyl/N-ethyl adjacent to an activating group) is 1. The molecule has 1 aliphatic carbocycles. The van der Waals surface area contributed by atoms with Crippen molar-refractivity contribution in [3.8, 4) is 0 Å². The first kappa shape index (κ1) is 18.8. The molecule has 0 spiro atoms. The fourth-order valence-corrected chi connectivity index (χ4v) is 4.91. The Morgan fingerprint density at radius 1 is 1.25 bits per heavy atom. The molecule has 134 valence electrons. The number of nitrogens with zero attached hydrogens (tertiary/aromatic N) is 1. The zero-order valence-electron chi connectivity index (χ0n) is 14.6. The van der Waals surface area contributed by atoms with Crippen molar-refractivity contribution in [3.63, 3.8) is 0 Å². The molecule has 6 heteroatoms. The van der Waals surface area contributed by atoms with E-state index >= 15 is 0 Å². The Morgan fingerprint density at radius 2 is 1.88 bits per heavy atom. The van der Waals surface area contributed by atoms with Gasteiger partial charge >= 0.3 is 0 Å². The number of hydrogen-bond acceptors (Lipinski definition) is 4. The van der Waals surface area contributed by atoms with E-state index in [1.54, 1.807) is 0 Å². The molecule has 5 nitrogen and oxygen atoms in total. The van der Waals surface area contributed by atoms with E-state index in [4.69, 9.17) is 0 Å². The molecule has 1 aromatic rings. The van der Waals surface area contributed by atoms with Crippen LogP contribution in [-0.2, 0) is 14.6 Å². The van der Waals surface area contributed by atoms with Crippen LogP contribution < -0.4 is 10.2 Å². The largest absolute Gasteiger partial charge is 0.370 e. The topological polar surface area (TPSA) is 66.5 Å². The molecule has 1 saturated carbocycles. The van der Waals surface area contributed by atoms with Gasteiger partial charge in [0, 0.05) is 31.7 Å². The highest BCUT2D eigenvalue weighted by atomic mass is 32.2. The van der Waals surface area contributed by atoms with Gasteiger partial charge in [0.25, 0.3) is 0 Å². The van der Waals surface area contributed by atoms with Crippen LogP contribution in [0.1, 0.15) is 39.0 Å². The molecule has 2 rings (SSSR count). The van der Waals surface area contributed by atoms with E-state index in [2.05, 4.69) is 10.2 Å². The number of rotatable bonds is 8. The summed E-state index contributed by atoms with van der Waals surface area (Å²) in [6, 6.07) is 10.1. The highest BCUT2D eigenvalue weighted by Crippen LogP contribution is 2.25. The van der Waals surface area contributed by atoms with Crippen LogP contribution in [0, 0.1) is 0 Å². The maximum atomic E-state index is 12.2. The van der Waals surface area contributed by atoms with Gasteiger partial charge in [0.05, 0.1) is 11.0 Å². The van der Waals surface area contributed by atoms with Crippen molar-refractivity contribution in [2.45, 2.75) is 50.3 Å². The molecule has 0 aliphatic heterocycles. The predicted molar refractivity (Wildman–Crippen MR) is 98.0 cm³/mol. The van der Waals surface area contributed by atoms with Gasteiger partial charge in [-0.05, 0) is 31.9 Å². The second-order valence-electron chi connectivity index (χ2n) is 6.62. The maximum absolute atomic E-state index is 12.2. The predicted octanol–water partition coefficient (Wildman–Crippen LogP) is 2.38. The zero-order chi connectivity index (χ0) is 17.6. The quantitative estimate of drug-likeness (QED) is 0.780. The molecule has 0 unspecified atom stereocenters. The lowest BCUT2D eigenvalue weighted by Crippen LogP contribution is -2.40. The van der Waals surface area contributed by atoms with Crippen LogP contribution in [0.3, 0.4) is 0 Å². The third-order valence-corrected chi connectivity index (χ3v) is 7.10. The van der Waals surface area contributed by atoms with E-state index in [1.165, 1.54) is 0 Å². The lowest BCUT2D eigenvalue weighted by Gasteiger charge is -2.27. The second kappa shape index (κ2) is 8.51. The fourth-order valence-electron chi connectivity index (χ4n) is 3.05. The number of benzene rings is 1. The summed E-state index contributed by atoms with van der Waals surface area (Å²) < 4.78 is 24.4. The van der Waals surface area contributed by atoms with Gasteiger partial charge in [-0.2, -0.15) is 0 Å². The van der Waals surface area contributed by atoms with Crippen molar-refractivity contribution in [3.05, 3.63) is 30.3 Å². The van der Waals surface area contributed by atoms with Crippen LogP contribution >= 0.6 is 0 Å². The Kier molecular flexibility index (Phi) is 6.66. The van der Waals surface area contributed by atoms with Crippen molar-refractivity contribution in [2.75, 3.05) is 24.2 Å². The van der Waals surface area contributed by atoms with Crippen molar-refractivity contribution in [1.29, 1.82) is 0 Å². The number of sulfone groups is 1. The molecule has 1 amide bonds. The summed E-state index contributed by atoms with van der Waals surface area (Å²) in [5.74, 6) is -0.225. The maximum Gasteiger partial charge on any atom is 0.221 e. The lowest BCUT2D eigenvalue weighted by atomic mass is 10.2. The number of para-hydroxylation sites is 1. The summed E-state index contributed by atoms with van der Waals surface area (Å²) in [6.07, 6.45) is 3.53. The standard InChI is InChI=1S/C18H28N2O3S/c1-15(20(2)16-8-4-3-5-9-16)14-19-18(21)12-13-24(22,23)17-10-6-7-11-17/h3-5,8-9,15,17H,6-7,10-14H2,1-2H3,(H,19,21)/t15-/m0/s1. The van der Waals surface area contributed by atoms with Gasteiger partial charge in [-0.25, -0.2) is 8.42 Å². The smallest absolute Gasteiger partial charge is 0.221 e. The first-order valence-corrected chi connectivity index (χ1v) is 10.4. The third kappa shape index (κ3) is 5.23. The minimum atomic E-state index is -3.12. The molecular formula is C18H28N2O3S. The van der Waals surface area contributed by atoms with E-state index in [0.717, 1.165) is 31.4 Å². The summed E-state index contributed by atoms with van der Waals surface area (Å²) in [5.41, 5.74) is 1.09. The minimum absolute atomic E-state index is 0.0353. The van der Waals surface area contributed by atoms with Crippen LogP contribution in [0.2, 0.25) is 0 Å². The monoisotopic (exact) mass is 352 g/mol. The normalized spacial score (nSPS) is 16.8. The Balaban J connectivity index is 1.74. The van der Waals surface area contributed by atoms with E-state index in [-0.39, 0.29) is 29.4 Å². The minimum Gasteiger partial charge on any atom is -0.370 e. The third-order valence-electron chi connectivity index (χ3n) is 4.84. The Morgan fingerprint density at radius 3 is 2.50 bits per heavy atom. The van der Waals surface area contributed by atoms with Crippen molar-refractivity contribution in [1.82, 2.24) is 5.32 Å². The lowest BCUT2D eigenvalue weighted by molar-refractivity contribution is -0.120. The van der Waals surface area contributed by atoms with Gasteiger partial charge in [-0.15, -0.1) is 0 Å². The van der Waals surface area contributed by atoms with Crippen LogP contribution in [0.4, 0.5) is 5.69 Å². The SMILES string of the molecule is C[C@@H](CNC(=O)CCS(=O)(=O)C1CCCC1)N(C)c1ccccc1. The van der Waals surface area contributed by atoms with Crippen molar-refractivity contribution >= 4 is 21.4 Å². The summed E-state index contributed by atoms with van der Waals surface area (Å²) in [7, 11) is -1.14. The van der Waals surface area contributed by atoms with Gasteiger partial charge in [0.1, 0.15) is 0 Å². The molecular weight excluding hydrogens is 324 g/mol. The number of anilines is 1. The summed E-state index contributed by atoms with van der Waals surface area (Å²) in [6.45, 7) is 2.52. The van der Waals surface area contributed by atoms with Crippen LogP contribution in [-0.4, -0.2) is 45.0 Å². The van der Waals surface area contributed by atoms with Gasteiger partial charge < -0.3 is 10.2 Å². The van der Waals surface area contributed by atoms with Crippen molar-refractivity contribution in [2.24, 2.45) is 0 Å². The van der Waals surface area contributed by atoms with Crippen LogP contribution in [0.15, 0.2) is 30.3 Å². The molecule has 0 saturated heterocycles. The summed E-state index contributed by atoms with van der Waals surface area (Å²) >= 11 is 0. The van der Waals surface area contributed by atoms with E-state index in [0.29, 0.717) is 6.54 Å². The molecule has 0 heterocycles. The Bertz CT molecular complexity index is 625. The first-order valence-electron chi connectivity index (χ1n) is 8.66. The van der Waals surface area contributed by atoms with Crippen molar-refractivity contribution < 1.29 is 13.2 Å². The molecule has 1 fully saturated rings. The Labute approximate surface area is 145 Å². The molecule has 1 aromatic carbocycles. The fraction of sp³-hybridized carbons (Fsp3) is 0.611. The highest BCUT2D eigenvalue weighted by molar-refractivity contribution is 7.92. The first-order chi connectivity index (χ1) is 11.4. The number of hydrogen-bond donors (Lipinski definition) is 1. The average molecular weight is 352 g/mol. The molecule has 1 aliphatic rings. The molecule has 1 atom stereocenters. The van der Waals surface area contributed by atoms with Gasteiger partial charge in [0.15, 0.2) is 9.84 Å². The van der Waals surface area contributed by atoms with Crippen LogP contribution in [0.5, 0.6) is 0 Å². The number of carbonyl (C=O) groups is 1. The molecule has 0 radical (unpaired) electrons. The summed E-state index contributed by atoms with van der Waals surface area (Å²) in [5, 5.41) is 2.62. The highest BCUT2D eigenvalue weighted by Gasteiger charge is 2.28. The van der Waals surface area contributed by atoms with E-state index < -0.39 is 9.84 Å². The number of nitrogens with one attached hydrogen (secondary N) is 1. The average Bonchev–Trinajstić information content (AvgIpc) is 3.13. The van der Waals surface area contributed by atoms with Gasteiger partial charge in [-0.1, -0.05) is 31.0 Å². The molecule has 0 aromatic heterocycles. The van der Waals surface area contributed by atoms with E-state index in [9.17, 15) is 13.2 Å². The van der Waals surface area contributed by atoms with Gasteiger partial charge in [0.2, 0.25) is 5.91 Å². The van der Waals surface area contributed by atoms with Gasteiger partial charge in [-0.3, -0.25) is 4.79 Å². The zero-order valence-corrected chi connectivity index (χ0v) is 15.4. The Hall–Kier alpha value is -1.56.